The summed E-state index contributed by atoms with van der Waals surface area (Å²) in [5, 5.41) is 0.913. The van der Waals surface area contributed by atoms with Gasteiger partial charge in [0.15, 0.2) is 0 Å². The van der Waals surface area contributed by atoms with Gasteiger partial charge < -0.3 is 4.74 Å². The topological polar surface area (TPSA) is 39.2 Å². The van der Waals surface area contributed by atoms with Gasteiger partial charge in [-0.3, -0.25) is 4.79 Å². The molecule has 33 heavy (non-hydrogen) atoms. The lowest BCUT2D eigenvalue weighted by Gasteiger charge is -2.15. The number of rotatable bonds is 10. The van der Waals surface area contributed by atoms with Crippen LogP contribution in [0.4, 0.5) is 13.2 Å². The van der Waals surface area contributed by atoms with Crippen LogP contribution in [0.1, 0.15) is 65.6 Å². The number of thiophene rings is 1. The fraction of sp³-hybridized carbons (Fsp3) is 0.500. The second-order valence-electron chi connectivity index (χ2n) is 7.89. The zero-order chi connectivity index (χ0) is 24.2. The Balaban J connectivity index is 1.71. The molecule has 1 atom stereocenters. The van der Waals surface area contributed by atoms with Crippen molar-refractivity contribution < 1.29 is 22.7 Å². The molecule has 0 fully saturated rings. The molecule has 0 saturated carbocycles. The number of ether oxygens (including phenoxy) is 1. The average Bonchev–Trinajstić information content (AvgIpc) is 3.26. The number of nitrogens with zero attached hydrogens (tertiary/aromatic N) is 1. The van der Waals surface area contributed by atoms with Gasteiger partial charge in [-0.25, -0.2) is 4.98 Å². The number of aromatic nitrogens is 1. The second kappa shape index (κ2) is 11.2. The SMILES string of the molecule is CCCC(CCSc1nc(C)c(CC(=O)OCC)s1)c1sc2cc(C(F)(F)F)ccc2c1C. The fourth-order valence-electron chi connectivity index (χ4n) is 3.82. The summed E-state index contributed by atoms with van der Waals surface area (Å²) in [6.07, 6.45) is -1.16. The Hall–Kier alpha value is -1.58. The number of hydrogen-bond donors (Lipinski definition) is 0. The highest BCUT2D eigenvalue weighted by atomic mass is 32.2. The first-order valence-electron chi connectivity index (χ1n) is 11.0. The van der Waals surface area contributed by atoms with Crippen LogP contribution in [0.3, 0.4) is 0 Å². The van der Waals surface area contributed by atoms with E-state index in [1.807, 2.05) is 13.8 Å². The second-order valence-corrected chi connectivity index (χ2v) is 11.4. The molecule has 9 heteroatoms. The van der Waals surface area contributed by atoms with Gasteiger partial charge in [0.2, 0.25) is 0 Å². The standard InChI is InChI=1S/C24H28F3NO2S3/c1-5-7-16(10-11-31-23-28-15(4)19(33-23)13-21(29)30-6-2)22-14(3)18-9-8-17(24(25,26)27)12-20(18)32-22/h8-9,12,16H,5-7,10-11,13H2,1-4H3. The Morgan fingerprint density at radius 3 is 2.61 bits per heavy atom. The summed E-state index contributed by atoms with van der Waals surface area (Å²) < 4.78 is 46.1. The predicted octanol–water partition coefficient (Wildman–Crippen LogP) is 8.17. The van der Waals surface area contributed by atoms with Gasteiger partial charge in [0.1, 0.15) is 4.34 Å². The zero-order valence-electron chi connectivity index (χ0n) is 19.2. The number of thiazole rings is 1. The molecule has 2 aromatic heterocycles. The summed E-state index contributed by atoms with van der Waals surface area (Å²) in [6, 6.07) is 4.06. The molecular weight excluding hydrogens is 487 g/mol. The monoisotopic (exact) mass is 515 g/mol. The molecule has 2 heterocycles. The highest BCUT2D eigenvalue weighted by Crippen LogP contribution is 2.42. The molecule has 0 aliphatic rings. The van der Waals surface area contributed by atoms with Gasteiger partial charge in [0, 0.05) is 20.2 Å². The van der Waals surface area contributed by atoms with Crippen LogP contribution in [0, 0.1) is 13.8 Å². The number of fused-ring (bicyclic) bond motifs is 1. The first-order valence-corrected chi connectivity index (χ1v) is 13.6. The van der Waals surface area contributed by atoms with Gasteiger partial charge in [-0.05, 0) is 62.6 Å². The molecule has 0 bridgehead atoms. The molecule has 3 rings (SSSR count). The minimum Gasteiger partial charge on any atom is -0.466 e. The Morgan fingerprint density at radius 2 is 1.94 bits per heavy atom. The first kappa shape index (κ1) is 26.0. The van der Waals surface area contributed by atoms with Crippen molar-refractivity contribution in [2.75, 3.05) is 12.4 Å². The van der Waals surface area contributed by atoms with Crippen LogP contribution in [0.5, 0.6) is 0 Å². The number of carbonyl (C=O) groups excluding carboxylic acids is 1. The first-order chi connectivity index (χ1) is 15.6. The van der Waals surface area contributed by atoms with Gasteiger partial charge in [0.25, 0.3) is 0 Å². The van der Waals surface area contributed by atoms with Crippen LogP contribution in [0.2, 0.25) is 0 Å². The van der Waals surface area contributed by atoms with Crippen LogP contribution in [-0.4, -0.2) is 23.3 Å². The van der Waals surface area contributed by atoms with Crippen molar-refractivity contribution in [3.8, 4) is 0 Å². The molecule has 0 saturated heterocycles. The summed E-state index contributed by atoms with van der Waals surface area (Å²) >= 11 is 4.70. The summed E-state index contributed by atoms with van der Waals surface area (Å²) in [6.45, 7) is 8.22. The number of alkyl halides is 3. The molecule has 0 aliphatic carbocycles. The van der Waals surface area contributed by atoms with Crippen molar-refractivity contribution in [1.82, 2.24) is 4.98 Å². The van der Waals surface area contributed by atoms with E-state index in [-0.39, 0.29) is 12.4 Å². The highest BCUT2D eigenvalue weighted by molar-refractivity contribution is 8.01. The number of halogens is 3. The van der Waals surface area contributed by atoms with E-state index in [1.54, 1.807) is 24.8 Å². The largest absolute Gasteiger partial charge is 0.466 e. The minimum absolute atomic E-state index is 0.238. The number of carbonyl (C=O) groups is 1. The van der Waals surface area contributed by atoms with E-state index < -0.39 is 11.7 Å². The number of esters is 1. The lowest BCUT2D eigenvalue weighted by atomic mass is 9.95. The molecule has 0 amide bonds. The molecule has 0 spiro atoms. The Labute approximate surface area is 204 Å². The van der Waals surface area contributed by atoms with Gasteiger partial charge >= 0.3 is 12.1 Å². The van der Waals surface area contributed by atoms with Crippen LogP contribution in [0.15, 0.2) is 22.5 Å². The van der Waals surface area contributed by atoms with E-state index in [1.165, 1.54) is 39.7 Å². The van der Waals surface area contributed by atoms with Crippen molar-refractivity contribution in [1.29, 1.82) is 0 Å². The van der Waals surface area contributed by atoms with Crippen LogP contribution >= 0.6 is 34.4 Å². The Bertz CT molecular complexity index is 1100. The fourth-order valence-corrected chi connectivity index (χ4v) is 7.59. The minimum atomic E-state index is -4.33. The summed E-state index contributed by atoms with van der Waals surface area (Å²) in [4.78, 5) is 18.5. The smallest absolute Gasteiger partial charge is 0.416 e. The van der Waals surface area contributed by atoms with Crippen LogP contribution < -0.4 is 0 Å². The van der Waals surface area contributed by atoms with E-state index in [0.717, 1.165) is 50.9 Å². The maximum absolute atomic E-state index is 13.1. The number of aryl methyl sites for hydroxylation is 2. The molecule has 3 nitrogen and oxygen atoms in total. The van der Waals surface area contributed by atoms with E-state index in [9.17, 15) is 18.0 Å². The number of thioether (sulfide) groups is 1. The van der Waals surface area contributed by atoms with Crippen LogP contribution in [-0.2, 0) is 22.1 Å². The predicted molar refractivity (Wildman–Crippen MR) is 132 cm³/mol. The molecule has 180 valence electrons. The maximum atomic E-state index is 13.1. The van der Waals surface area contributed by atoms with E-state index in [2.05, 4.69) is 11.9 Å². The lowest BCUT2D eigenvalue weighted by Crippen LogP contribution is -2.07. The molecule has 1 aromatic carbocycles. The molecule has 3 aromatic rings. The molecule has 1 unspecified atom stereocenters. The molecular formula is C24H28F3NO2S3. The third-order valence-electron chi connectivity index (χ3n) is 5.49. The van der Waals surface area contributed by atoms with E-state index >= 15 is 0 Å². The number of benzene rings is 1. The molecule has 0 N–H and O–H groups in total. The van der Waals surface area contributed by atoms with Gasteiger partial charge in [0.05, 0.1) is 24.3 Å². The van der Waals surface area contributed by atoms with Crippen molar-refractivity contribution in [3.05, 3.63) is 44.8 Å². The molecule has 0 radical (unpaired) electrons. The van der Waals surface area contributed by atoms with E-state index in [4.69, 9.17) is 4.74 Å². The quantitative estimate of drug-likeness (QED) is 0.202. The van der Waals surface area contributed by atoms with Gasteiger partial charge in [-0.15, -0.1) is 22.7 Å². The summed E-state index contributed by atoms with van der Waals surface area (Å²) in [7, 11) is 0. The highest BCUT2D eigenvalue weighted by Gasteiger charge is 2.31. The van der Waals surface area contributed by atoms with Crippen molar-refractivity contribution >= 4 is 50.5 Å². The Morgan fingerprint density at radius 1 is 1.18 bits per heavy atom. The normalized spacial score (nSPS) is 12.9. The average molecular weight is 516 g/mol. The summed E-state index contributed by atoms with van der Waals surface area (Å²) in [5.74, 6) is 0.921. The van der Waals surface area contributed by atoms with Gasteiger partial charge in [-0.1, -0.05) is 31.2 Å². The number of hydrogen-bond acceptors (Lipinski definition) is 6. The van der Waals surface area contributed by atoms with Crippen molar-refractivity contribution in [2.45, 2.75) is 69.8 Å². The van der Waals surface area contributed by atoms with Crippen molar-refractivity contribution in [3.63, 3.8) is 0 Å². The van der Waals surface area contributed by atoms with Crippen LogP contribution in [0.25, 0.3) is 10.1 Å². The maximum Gasteiger partial charge on any atom is 0.416 e. The molecule has 0 aliphatic heterocycles. The summed E-state index contributed by atoms with van der Waals surface area (Å²) in [5.41, 5.74) is 1.36. The lowest BCUT2D eigenvalue weighted by molar-refractivity contribution is -0.142. The zero-order valence-corrected chi connectivity index (χ0v) is 21.6. The van der Waals surface area contributed by atoms with Gasteiger partial charge in [-0.2, -0.15) is 13.2 Å². The van der Waals surface area contributed by atoms with Crippen molar-refractivity contribution in [2.24, 2.45) is 0 Å². The third kappa shape index (κ3) is 6.51. The third-order valence-corrected chi connectivity index (χ3v) is 9.24. The van der Waals surface area contributed by atoms with E-state index in [0.29, 0.717) is 17.2 Å². The Kier molecular flexibility index (Phi) is 8.86.